The predicted octanol–water partition coefficient (Wildman–Crippen LogP) is 3.75. The first kappa shape index (κ1) is 15.6. The number of alkyl halides is 3. The maximum atomic E-state index is 12.4. The number of hydrogen-bond donors (Lipinski definition) is 0. The molecule has 3 nitrogen and oxygen atoms in total. The van der Waals surface area contributed by atoms with E-state index in [0.29, 0.717) is 25.0 Å². The SMILES string of the molecule is CCCC(CC(=O)CC)c1cnc(C(F)(F)F)cn1. The van der Waals surface area contributed by atoms with Crippen LogP contribution >= 0.6 is 0 Å². The maximum Gasteiger partial charge on any atom is 0.434 e. The normalized spacial score (nSPS) is 13.3. The van der Waals surface area contributed by atoms with Crippen molar-refractivity contribution in [2.45, 2.75) is 51.6 Å². The zero-order valence-corrected chi connectivity index (χ0v) is 11.0. The van der Waals surface area contributed by atoms with Crippen LogP contribution in [0.5, 0.6) is 0 Å². The minimum absolute atomic E-state index is 0.0835. The van der Waals surface area contributed by atoms with E-state index >= 15 is 0 Å². The molecule has 0 aliphatic carbocycles. The largest absolute Gasteiger partial charge is 0.434 e. The molecule has 0 saturated heterocycles. The molecule has 0 bridgehead atoms. The zero-order valence-electron chi connectivity index (χ0n) is 11.0. The third-order valence-electron chi connectivity index (χ3n) is 2.89. The van der Waals surface area contributed by atoms with E-state index in [1.54, 1.807) is 6.92 Å². The first-order chi connectivity index (χ1) is 8.88. The Bertz CT molecular complexity index is 415. The van der Waals surface area contributed by atoms with Crippen LogP contribution in [0.25, 0.3) is 0 Å². The second-order valence-electron chi connectivity index (χ2n) is 4.41. The fourth-order valence-corrected chi connectivity index (χ4v) is 1.82. The number of ketones is 1. The molecule has 0 N–H and O–H groups in total. The van der Waals surface area contributed by atoms with Crippen LogP contribution in [0.4, 0.5) is 13.2 Å². The molecule has 0 amide bonds. The highest BCUT2D eigenvalue weighted by atomic mass is 19.4. The minimum Gasteiger partial charge on any atom is -0.300 e. The lowest BCUT2D eigenvalue weighted by Gasteiger charge is -2.14. The lowest BCUT2D eigenvalue weighted by molar-refractivity contribution is -0.141. The Morgan fingerprint density at radius 2 is 1.95 bits per heavy atom. The highest BCUT2D eigenvalue weighted by molar-refractivity contribution is 5.78. The van der Waals surface area contributed by atoms with E-state index in [1.807, 2.05) is 6.92 Å². The Hall–Kier alpha value is -1.46. The van der Waals surface area contributed by atoms with Crippen molar-refractivity contribution < 1.29 is 18.0 Å². The standard InChI is InChI=1S/C13H17F3N2O/c1-3-5-9(6-10(19)4-2)11-7-18-12(8-17-11)13(14,15)16/h7-9H,3-6H2,1-2H3. The molecule has 0 saturated carbocycles. The van der Waals surface area contributed by atoms with Crippen molar-refractivity contribution in [2.24, 2.45) is 0 Å². The van der Waals surface area contributed by atoms with Gasteiger partial charge in [-0.2, -0.15) is 13.2 Å². The van der Waals surface area contributed by atoms with E-state index in [0.717, 1.165) is 18.8 Å². The van der Waals surface area contributed by atoms with E-state index in [1.165, 1.54) is 0 Å². The summed E-state index contributed by atoms with van der Waals surface area (Å²) in [5.41, 5.74) is -0.551. The minimum atomic E-state index is -4.48. The molecule has 0 aliphatic rings. The molecule has 0 aromatic carbocycles. The van der Waals surface area contributed by atoms with Gasteiger partial charge in [0, 0.05) is 25.0 Å². The average Bonchev–Trinajstić information content (AvgIpc) is 2.37. The van der Waals surface area contributed by atoms with Crippen LogP contribution < -0.4 is 0 Å². The van der Waals surface area contributed by atoms with Gasteiger partial charge in [0.05, 0.1) is 11.9 Å². The Labute approximate surface area is 110 Å². The van der Waals surface area contributed by atoms with Gasteiger partial charge in [-0.15, -0.1) is 0 Å². The Balaban J connectivity index is 2.88. The molecule has 1 unspecified atom stereocenters. The molecule has 1 atom stereocenters. The lowest BCUT2D eigenvalue weighted by atomic mass is 9.93. The summed E-state index contributed by atoms with van der Waals surface area (Å²) in [5, 5.41) is 0. The number of nitrogens with zero attached hydrogens (tertiary/aromatic N) is 2. The number of carbonyl (C=O) groups is 1. The van der Waals surface area contributed by atoms with Crippen LogP contribution in [0.15, 0.2) is 12.4 Å². The van der Waals surface area contributed by atoms with E-state index in [4.69, 9.17) is 0 Å². The van der Waals surface area contributed by atoms with Gasteiger partial charge < -0.3 is 0 Å². The van der Waals surface area contributed by atoms with Gasteiger partial charge in [-0.3, -0.25) is 9.78 Å². The van der Waals surface area contributed by atoms with Crippen LogP contribution in [0, 0.1) is 0 Å². The van der Waals surface area contributed by atoms with Gasteiger partial charge in [-0.05, 0) is 6.42 Å². The van der Waals surface area contributed by atoms with Gasteiger partial charge in [-0.25, -0.2) is 4.98 Å². The van der Waals surface area contributed by atoms with Gasteiger partial charge in [0.15, 0.2) is 5.69 Å². The summed E-state index contributed by atoms with van der Waals surface area (Å²) in [6.45, 7) is 3.73. The van der Waals surface area contributed by atoms with Crippen LogP contribution in [0.2, 0.25) is 0 Å². The Morgan fingerprint density at radius 1 is 1.26 bits per heavy atom. The van der Waals surface area contributed by atoms with Crippen LogP contribution in [-0.4, -0.2) is 15.8 Å². The molecule has 19 heavy (non-hydrogen) atoms. The van der Waals surface area contributed by atoms with E-state index in [-0.39, 0.29) is 11.7 Å². The smallest absolute Gasteiger partial charge is 0.300 e. The second kappa shape index (κ2) is 6.63. The van der Waals surface area contributed by atoms with E-state index < -0.39 is 11.9 Å². The first-order valence-electron chi connectivity index (χ1n) is 6.29. The number of hydrogen-bond acceptors (Lipinski definition) is 3. The molecule has 6 heteroatoms. The van der Waals surface area contributed by atoms with Crippen molar-refractivity contribution in [3.05, 3.63) is 23.8 Å². The summed E-state index contributed by atoms with van der Waals surface area (Å²) < 4.78 is 37.1. The summed E-state index contributed by atoms with van der Waals surface area (Å²) in [6, 6.07) is 0. The number of rotatable bonds is 6. The molecule has 0 radical (unpaired) electrons. The summed E-state index contributed by atoms with van der Waals surface area (Å²) >= 11 is 0. The molecule has 1 rings (SSSR count). The second-order valence-corrected chi connectivity index (χ2v) is 4.41. The zero-order chi connectivity index (χ0) is 14.5. The van der Waals surface area contributed by atoms with Gasteiger partial charge in [0.1, 0.15) is 5.78 Å². The lowest BCUT2D eigenvalue weighted by Crippen LogP contribution is -2.12. The monoisotopic (exact) mass is 274 g/mol. The highest BCUT2D eigenvalue weighted by Crippen LogP contribution is 2.28. The summed E-state index contributed by atoms with van der Waals surface area (Å²) in [6.07, 6.45) is -0.333. The third kappa shape index (κ3) is 4.61. The summed E-state index contributed by atoms with van der Waals surface area (Å²) in [7, 11) is 0. The number of carbonyl (C=O) groups excluding carboxylic acids is 1. The number of aromatic nitrogens is 2. The van der Waals surface area contributed by atoms with Gasteiger partial charge in [0.25, 0.3) is 0 Å². The topological polar surface area (TPSA) is 42.9 Å². The molecule has 1 aromatic rings. The van der Waals surface area contributed by atoms with Crippen LogP contribution in [0.1, 0.15) is 56.8 Å². The molecular weight excluding hydrogens is 257 g/mol. The summed E-state index contributed by atoms with van der Waals surface area (Å²) in [5.74, 6) is -0.0626. The summed E-state index contributed by atoms with van der Waals surface area (Å²) in [4.78, 5) is 18.7. The van der Waals surface area contributed by atoms with E-state index in [2.05, 4.69) is 9.97 Å². The highest BCUT2D eigenvalue weighted by Gasteiger charge is 2.33. The van der Waals surface area contributed by atoms with Crippen molar-refractivity contribution in [1.29, 1.82) is 0 Å². The average molecular weight is 274 g/mol. The van der Waals surface area contributed by atoms with E-state index in [9.17, 15) is 18.0 Å². The predicted molar refractivity (Wildman–Crippen MR) is 64.6 cm³/mol. The molecule has 106 valence electrons. The molecular formula is C13H17F3N2O. The molecule has 1 heterocycles. The van der Waals surface area contributed by atoms with Crippen LogP contribution in [0.3, 0.4) is 0 Å². The fraction of sp³-hybridized carbons (Fsp3) is 0.615. The van der Waals surface area contributed by atoms with Gasteiger partial charge in [0.2, 0.25) is 0 Å². The first-order valence-corrected chi connectivity index (χ1v) is 6.29. The fourth-order valence-electron chi connectivity index (χ4n) is 1.82. The van der Waals surface area contributed by atoms with Crippen molar-refractivity contribution in [2.75, 3.05) is 0 Å². The molecule has 0 spiro atoms. The number of halogens is 3. The van der Waals surface area contributed by atoms with Gasteiger partial charge in [-0.1, -0.05) is 20.3 Å². The number of Topliss-reactive ketones (excluding diaryl/α,β-unsaturated/α-hetero) is 1. The van der Waals surface area contributed by atoms with Crippen molar-refractivity contribution >= 4 is 5.78 Å². The van der Waals surface area contributed by atoms with Gasteiger partial charge >= 0.3 is 6.18 Å². The third-order valence-corrected chi connectivity index (χ3v) is 2.89. The molecule has 0 aliphatic heterocycles. The molecule has 0 fully saturated rings. The van der Waals surface area contributed by atoms with Crippen LogP contribution in [-0.2, 0) is 11.0 Å². The quantitative estimate of drug-likeness (QED) is 0.793. The van der Waals surface area contributed by atoms with Crippen molar-refractivity contribution in [3.8, 4) is 0 Å². The van der Waals surface area contributed by atoms with Crippen molar-refractivity contribution in [3.63, 3.8) is 0 Å². The Kier molecular flexibility index (Phi) is 5.44. The Morgan fingerprint density at radius 3 is 2.37 bits per heavy atom. The van der Waals surface area contributed by atoms with Crippen molar-refractivity contribution in [1.82, 2.24) is 9.97 Å². The maximum absolute atomic E-state index is 12.4. The molecule has 1 aromatic heterocycles.